The van der Waals surface area contributed by atoms with Gasteiger partial charge in [-0.3, -0.25) is 0 Å². The Hall–Kier alpha value is -1.26. The minimum absolute atomic E-state index is 0.414. The number of para-hydroxylation sites is 1. The first-order valence-electron chi connectivity index (χ1n) is 5.62. The topological polar surface area (TPSA) is 55.7 Å². The van der Waals surface area contributed by atoms with E-state index < -0.39 is 12.5 Å². The summed E-state index contributed by atoms with van der Waals surface area (Å²) >= 11 is 0. The van der Waals surface area contributed by atoms with Gasteiger partial charge in [-0.15, -0.1) is 0 Å². The lowest BCUT2D eigenvalue weighted by atomic mass is 10.1. The highest BCUT2D eigenvalue weighted by Crippen LogP contribution is 2.36. The van der Waals surface area contributed by atoms with Gasteiger partial charge in [0.2, 0.25) is 6.35 Å². The Morgan fingerprint density at radius 1 is 1.50 bits per heavy atom. The van der Waals surface area contributed by atoms with Crippen LogP contribution < -0.4 is 10.2 Å². The van der Waals surface area contributed by atoms with Gasteiger partial charge in [0, 0.05) is 6.54 Å². The Bertz CT molecular complexity index is 381. The van der Waals surface area contributed by atoms with Crippen molar-refractivity contribution in [1.82, 2.24) is 0 Å². The molecule has 2 atom stereocenters. The molecule has 88 valence electrons. The molecule has 0 spiro atoms. The van der Waals surface area contributed by atoms with Crippen LogP contribution in [0.3, 0.4) is 0 Å². The normalized spacial score (nSPS) is 20.5. The zero-order chi connectivity index (χ0) is 11.7. The molecule has 3 N–H and O–H groups in total. The van der Waals surface area contributed by atoms with Gasteiger partial charge >= 0.3 is 0 Å². The number of nitrogens with zero attached hydrogens (tertiary/aromatic N) is 1. The van der Waals surface area contributed by atoms with E-state index in [9.17, 15) is 10.2 Å². The molecule has 0 aliphatic carbocycles. The summed E-state index contributed by atoms with van der Waals surface area (Å²) in [4.78, 5) is 1.79. The molecule has 0 fully saturated rings. The molecule has 1 aliphatic rings. The van der Waals surface area contributed by atoms with E-state index in [0.717, 1.165) is 16.9 Å². The second-order valence-electron chi connectivity index (χ2n) is 4.20. The minimum Gasteiger partial charge on any atom is -0.391 e. The van der Waals surface area contributed by atoms with Gasteiger partial charge in [0.05, 0.1) is 17.5 Å². The maximum absolute atomic E-state index is 9.88. The van der Waals surface area contributed by atoms with Gasteiger partial charge in [-0.25, -0.2) is 0 Å². The quantitative estimate of drug-likeness (QED) is 0.721. The van der Waals surface area contributed by atoms with Gasteiger partial charge < -0.3 is 20.4 Å². The highest BCUT2D eigenvalue weighted by Gasteiger charge is 2.28. The summed E-state index contributed by atoms with van der Waals surface area (Å²) in [6.07, 6.45) is -0.468. The van der Waals surface area contributed by atoms with E-state index >= 15 is 0 Å². The van der Waals surface area contributed by atoms with Crippen LogP contribution >= 0.6 is 0 Å². The number of β-amino-alcohol motifs (C(OH)–C–C–N with tert-alkyl or cyclic N) is 1. The summed E-state index contributed by atoms with van der Waals surface area (Å²) in [5.74, 6) is 0. The van der Waals surface area contributed by atoms with Crippen molar-refractivity contribution in [2.45, 2.75) is 32.7 Å². The van der Waals surface area contributed by atoms with Crippen LogP contribution in [0.15, 0.2) is 18.2 Å². The van der Waals surface area contributed by atoms with Gasteiger partial charge in [-0.2, -0.15) is 0 Å². The highest BCUT2D eigenvalue weighted by molar-refractivity contribution is 5.78. The summed E-state index contributed by atoms with van der Waals surface area (Å²) in [5, 5.41) is 22.5. The lowest BCUT2D eigenvalue weighted by molar-refractivity contribution is 0.145. The molecule has 2 rings (SSSR count). The predicted octanol–water partition coefficient (Wildman–Crippen LogP) is 1.27. The first-order chi connectivity index (χ1) is 7.63. The number of hydrogen-bond donors (Lipinski definition) is 3. The first-order valence-corrected chi connectivity index (χ1v) is 5.62. The van der Waals surface area contributed by atoms with Gasteiger partial charge in [-0.1, -0.05) is 19.1 Å². The van der Waals surface area contributed by atoms with Crippen molar-refractivity contribution < 1.29 is 10.2 Å². The van der Waals surface area contributed by atoms with Crippen molar-refractivity contribution >= 4 is 11.4 Å². The lowest BCUT2D eigenvalue weighted by Gasteiger charge is -2.24. The average molecular weight is 222 g/mol. The molecule has 1 aliphatic heterocycles. The zero-order valence-electron chi connectivity index (χ0n) is 9.64. The molecule has 0 aromatic heterocycles. The Kier molecular flexibility index (Phi) is 3.03. The molecule has 0 saturated heterocycles. The molecular formula is C12H18N2O2. The Labute approximate surface area is 95.5 Å². The smallest absolute Gasteiger partial charge is 0.205 e. The highest BCUT2D eigenvalue weighted by atomic mass is 16.3. The molecule has 1 aromatic rings. The van der Waals surface area contributed by atoms with Crippen LogP contribution in [0.5, 0.6) is 0 Å². The minimum atomic E-state index is -0.739. The summed E-state index contributed by atoms with van der Waals surface area (Å²) in [7, 11) is 0. The summed E-state index contributed by atoms with van der Waals surface area (Å²) < 4.78 is 0. The third kappa shape index (κ3) is 1.86. The molecule has 4 heteroatoms. The number of aliphatic hydroxyl groups is 2. The maximum atomic E-state index is 9.88. The van der Waals surface area contributed by atoms with Gasteiger partial charge in [0.25, 0.3) is 0 Å². The Balaban J connectivity index is 2.26. The first kappa shape index (κ1) is 11.2. The van der Waals surface area contributed by atoms with Crippen LogP contribution in [0.2, 0.25) is 0 Å². The molecule has 16 heavy (non-hydrogen) atoms. The molecule has 0 saturated carbocycles. The standard InChI is InChI=1S/C12H18N2O2/c1-3-9(15)7-14-10-6-4-5-8(2)11(10)13-12(14)16/h4-6,9,12-13,15-16H,3,7H2,1-2H3. The van der Waals surface area contributed by atoms with Crippen LogP contribution in [-0.2, 0) is 0 Å². The fourth-order valence-corrected chi connectivity index (χ4v) is 1.97. The number of anilines is 2. The SMILES string of the molecule is CCC(O)CN1c2cccc(C)c2NC1O. The van der Waals surface area contributed by atoms with Crippen molar-refractivity contribution in [2.75, 3.05) is 16.8 Å². The second-order valence-corrected chi connectivity index (χ2v) is 4.20. The molecule has 2 unspecified atom stereocenters. The monoisotopic (exact) mass is 222 g/mol. The predicted molar refractivity (Wildman–Crippen MR) is 64.5 cm³/mol. The molecule has 4 nitrogen and oxygen atoms in total. The third-order valence-corrected chi connectivity index (χ3v) is 3.01. The van der Waals surface area contributed by atoms with Crippen molar-refractivity contribution in [3.63, 3.8) is 0 Å². The zero-order valence-corrected chi connectivity index (χ0v) is 9.64. The number of benzene rings is 1. The van der Waals surface area contributed by atoms with Gasteiger partial charge in [0.15, 0.2) is 0 Å². The van der Waals surface area contributed by atoms with E-state index in [1.165, 1.54) is 0 Å². The van der Waals surface area contributed by atoms with E-state index in [-0.39, 0.29) is 0 Å². The summed E-state index contributed by atoms with van der Waals surface area (Å²) in [6.45, 7) is 4.37. The van der Waals surface area contributed by atoms with Crippen LogP contribution in [0.25, 0.3) is 0 Å². The molecule has 1 aromatic carbocycles. The number of aliphatic hydroxyl groups excluding tert-OH is 2. The van der Waals surface area contributed by atoms with Crippen molar-refractivity contribution in [3.05, 3.63) is 23.8 Å². The lowest BCUT2D eigenvalue weighted by Crippen LogP contribution is -2.40. The van der Waals surface area contributed by atoms with E-state index in [0.29, 0.717) is 13.0 Å². The van der Waals surface area contributed by atoms with Crippen molar-refractivity contribution in [1.29, 1.82) is 0 Å². The third-order valence-electron chi connectivity index (χ3n) is 3.01. The molecule has 1 heterocycles. The van der Waals surface area contributed by atoms with Crippen LogP contribution in [-0.4, -0.2) is 29.2 Å². The number of rotatable bonds is 3. The fourth-order valence-electron chi connectivity index (χ4n) is 1.97. The maximum Gasteiger partial charge on any atom is 0.205 e. The van der Waals surface area contributed by atoms with Gasteiger partial charge in [-0.05, 0) is 25.0 Å². The Morgan fingerprint density at radius 3 is 2.94 bits per heavy atom. The fraction of sp³-hybridized carbons (Fsp3) is 0.500. The van der Waals surface area contributed by atoms with Gasteiger partial charge in [0.1, 0.15) is 0 Å². The van der Waals surface area contributed by atoms with Crippen LogP contribution in [0.1, 0.15) is 18.9 Å². The van der Waals surface area contributed by atoms with Crippen molar-refractivity contribution in [2.24, 2.45) is 0 Å². The number of hydrogen-bond acceptors (Lipinski definition) is 4. The Morgan fingerprint density at radius 2 is 2.25 bits per heavy atom. The van der Waals surface area contributed by atoms with E-state index in [4.69, 9.17) is 0 Å². The summed E-state index contributed by atoms with van der Waals surface area (Å²) in [6, 6.07) is 5.91. The number of fused-ring (bicyclic) bond motifs is 1. The number of aryl methyl sites for hydroxylation is 1. The number of nitrogens with one attached hydrogen (secondary N) is 1. The van der Waals surface area contributed by atoms with Crippen LogP contribution in [0, 0.1) is 6.92 Å². The van der Waals surface area contributed by atoms with Crippen molar-refractivity contribution in [3.8, 4) is 0 Å². The van der Waals surface area contributed by atoms with E-state index in [2.05, 4.69) is 5.32 Å². The molecule has 0 amide bonds. The van der Waals surface area contributed by atoms with E-state index in [1.807, 2.05) is 32.0 Å². The summed E-state index contributed by atoms with van der Waals surface area (Å²) in [5.41, 5.74) is 3.02. The van der Waals surface area contributed by atoms with Crippen LogP contribution in [0.4, 0.5) is 11.4 Å². The molecule has 0 radical (unpaired) electrons. The second kappa shape index (κ2) is 4.31. The van der Waals surface area contributed by atoms with E-state index in [1.54, 1.807) is 4.90 Å². The molecule has 0 bridgehead atoms. The molecular weight excluding hydrogens is 204 g/mol. The largest absolute Gasteiger partial charge is 0.391 e. The average Bonchev–Trinajstić information content (AvgIpc) is 2.58.